The zero-order valence-electron chi connectivity index (χ0n) is 16.3. The van der Waals surface area contributed by atoms with Gasteiger partial charge in [-0.15, -0.1) is 0 Å². The van der Waals surface area contributed by atoms with E-state index < -0.39 is 29.5 Å². The van der Waals surface area contributed by atoms with Crippen LogP contribution in [-0.2, 0) is 9.59 Å². The van der Waals surface area contributed by atoms with Gasteiger partial charge in [0, 0.05) is 16.7 Å². The Balaban J connectivity index is 1.78. The van der Waals surface area contributed by atoms with Crippen molar-refractivity contribution < 1.29 is 24.9 Å². The Morgan fingerprint density at radius 3 is 2.70 bits per heavy atom. The topological polar surface area (TPSA) is 94.8 Å². The van der Waals surface area contributed by atoms with Gasteiger partial charge < -0.3 is 15.3 Å². The molecule has 148 valence electrons. The summed E-state index contributed by atoms with van der Waals surface area (Å²) in [4.78, 5) is 24.4. The van der Waals surface area contributed by atoms with E-state index in [0.29, 0.717) is 12.8 Å². The first kappa shape index (κ1) is 19.0. The molecule has 4 rings (SSSR count). The molecule has 0 bridgehead atoms. The second-order valence-electron chi connectivity index (χ2n) is 9.70. The van der Waals surface area contributed by atoms with Crippen molar-refractivity contribution in [3.05, 3.63) is 23.8 Å². The van der Waals surface area contributed by atoms with Crippen molar-refractivity contribution in [1.29, 1.82) is 0 Å². The summed E-state index contributed by atoms with van der Waals surface area (Å²) in [5, 5.41) is 32.1. The average molecular weight is 374 g/mol. The summed E-state index contributed by atoms with van der Waals surface area (Å²) in [5.41, 5.74) is -1.62. The lowest BCUT2D eigenvalue weighted by Crippen LogP contribution is -2.62. The van der Waals surface area contributed by atoms with Crippen LogP contribution in [0.25, 0.3) is 0 Å². The second-order valence-corrected chi connectivity index (χ2v) is 9.70. The molecule has 8 atom stereocenters. The fourth-order valence-electron chi connectivity index (χ4n) is 7.37. The molecule has 0 aromatic carbocycles. The molecule has 0 spiro atoms. The molecule has 5 nitrogen and oxygen atoms in total. The lowest BCUT2D eigenvalue weighted by atomic mass is 9.46. The molecule has 0 aliphatic heterocycles. The highest BCUT2D eigenvalue weighted by molar-refractivity contribution is 6.01. The van der Waals surface area contributed by atoms with E-state index in [0.717, 1.165) is 18.4 Å². The van der Waals surface area contributed by atoms with E-state index in [-0.39, 0.29) is 34.9 Å². The number of aliphatic hydroxyl groups excluding tert-OH is 2. The second kappa shape index (κ2) is 5.85. The van der Waals surface area contributed by atoms with E-state index >= 15 is 0 Å². The lowest BCUT2D eigenvalue weighted by molar-refractivity contribution is -0.183. The van der Waals surface area contributed by atoms with Crippen molar-refractivity contribution >= 4 is 11.6 Å². The van der Waals surface area contributed by atoms with E-state index in [1.807, 2.05) is 19.9 Å². The van der Waals surface area contributed by atoms with Crippen molar-refractivity contribution in [3.63, 3.8) is 0 Å². The number of rotatable bonds is 2. The predicted octanol–water partition coefficient (Wildman–Crippen LogP) is 1.80. The van der Waals surface area contributed by atoms with Crippen LogP contribution in [0.5, 0.6) is 0 Å². The van der Waals surface area contributed by atoms with Gasteiger partial charge in [0.05, 0.1) is 6.10 Å². The van der Waals surface area contributed by atoms with Crippen LogP contribution in [0, 0.1) is 34.5 Å². The van der Waals surface area contributed by atoms with Crippen molar-refractivity contribution in [1.82, 2.24) is 0 Å². The zero-order valence-corrected chi connectivity index (χ0v) is 16.3. The van der Waals surface area contributed by atoms with E-state index in [9.17, 15) is 24.9 Å². The highest BCUT2D eigenvalue weighted by Gasteiger charge is 2.70. The average Bonchev–Trinajstić information content (AvgIpc) is 2.82. The lowest BCUT2D eigenvalue weighted by Gasteiger charge is -2.59. The molecular formula is C22H30O5. The van der Waals surface area contributed by atoms with Crippen LogP contribution in [0.4, 0.5) is 0 Å². The molecule has 0 amide bonds. The summed E-state index contributed by atoms with van der Waals surface area (Å²) in [5.74, 6) is -0.539. The largest absolute Gasteiger partial charge is 0.393 e. The Bertz CT molecular complexity index is 754. The van der Waals surface area contributed by atoms with Crippen molar-refractivity contribution in [3.8, 4) is 0 Å². The van der Waals surface area contributed by atoms with E-state index in [4.69, 9.17) is 0 Å². The highest BCUT2D eigenvalue weighted by atomic mass is 16.3. The van der Waals surface area contributed by atoms with Crippen molar-refractivity contribution in [2.24, 2.45) is 34.5 Å². The summed E-state index contributed by atoms with van der Waals surface area (Å²) in [7, 11) is 0. The number of ketones is 2. The number of aliphatic hydroxyl groups is 3. The molecule has 0 aromatic heterocycles. The van der Waals surface area contributed by atoms with Crippen LogP contribution in [0.1, 0.15) is 46.5 Å². The number of Topliss-reactive ketones (excluding diaryl/α,β-unsaturated/α-hetero) is 1. The van der Waals surface area contributed by atoms with Crippen molar-refractivity contribution in [2.75, 3.05) is 6.61 Å². The van der Waals surface area contributed by atoms with Gasteiger partial charge in [0.25, 0.3) is 0 Å². The molecule has 0 heterocycles. The normalized spacial score (nSPS) is 51.3. The van der Waals surface area contributed by atoms with Crippen LogP contribution in [0.3, 0.4) is 0 Å². The number of carbonyl (C=O) groups excluding carboxylic acids is 2. The van der Waals surface area contributed by atoms with Crippen molar-refractivity contribution in [2.45, 2.75) is 58.2 Å². The molecule has 0 saturated heterocycles. The Morgan fingerprint density at radius 1 is 1.33 bits per heavy atom. The highest BCUT2D eigenvalue weighted by Crippen LogP contribution is 2.68. The Hall–Kier alpha value is -1.30. The Morgan fingerprint density at radius 2 is 2.04 bits per heavy atom. The van der Waals surface area contributed by atoms with Crippen LogP contribution in [-0.4, -0.2) is 45.2 Å². The molecule has 3 N–H and O–H groups in total. The summed E-state index contributed by atoms with van der Waals surface area (Å²) in [6.07, 6.45) is 7.30. The molecule has 0 unspecified atom stereocenters. The van der Waals surface area contributed by atoms with Gasteiger partial charge in [-0.2, -0.15) is 0 Å². The van der Waals surface area contributed by atoms with E-state index in [2.05, 4.69) is 6.92 Å². The van der Waals surface area contributed by atoms with Crippen LogP contribution < -0.4 is 0 Å². The summed E-state index contributed by atoms with van der Waals surface area (Å²) in [6.45, 7) is 5.23. The quantitative estimate of drug-likeness (QED) is 0.685. The fourth-order valence-corrected chi connectivity index (χ4v) is 7.37. The molecular weight excluding hydrogens is 344 g/mol. The van der Waals surface area contributed by atoms with Gasteiger partial charge in [0.1, 0.15) is 12.2 Å². The number of hydrogen-bond acceptors (Lipinski definition) is 5. The minimum absolute atomic E-state index is 0.00784. The summed E-state index contributed by atoms with van der Waals surface area (Å²) in [6, 6.07) is 0. The molecule has 3 saturated carbocycles. The van der Waals surface area contributed by atoms with Crippen LogP contribution in [0.2, 0.25) is 0 Å². The maximum atomic E-state index is 12.6. The van der Waals surface area contributed by atoms with E-state index in [1.165, 1.54) is 0 Å². The number of carbonyl (C=O) groups is 2. The molecule has 5 heteroatoms. The predicted molar refractivity (Wildman–Crippen MR) is 99.6 cm³/mol. The SMILES string of the molecule is C[C@H]1C[C@@H]2[C@H]3CCC4=CC(=O)C=C[C@@]4(C)[C@@H]3[C@H](O)C[C@@]2(C)[C@]1(O)C(=O)CO. The standard InChI is InChI=1S/C22H30O5/c1-12-8-16-15-5-4-13-9-14(24)6-7-20(13,2)19(15)17(25)10-21(16,3)22(12,27)18(26)11-23/h6-7,9,12,15-17,19,23,25,27H,4-5,8,10-11H2,1-3H3/t12-,15+,16+,17+,19-,20+,21+,22+/m0/s1. The number of allylic oxidation sites excluding steroid dienone is 4. The van der Waals surface area contributed by atoms with Gasteiger partial charge in [0.2, 0.25) is 0 Å². The molecule has 3 fully saturated rings. The minimum atomic E-state index is -1.60. The smallest absolute Gasteiger partial charge is 0.190 e. The first-order valence-corrected chi connectivity index (χ1v) is 10.1. The first-order chi connectivity index (χ1) is 12.6. The zero-order chi connectivity index (χ0) is 19.8. The molecule has 27 heavy (non-hydrogen) atoms. The fraction of sp³-hybridized carbons (Fsp3) is 0.727. The third-order valence-electron chi connectivity index (χ3n) is 8.65. The van der Waals surface area contributed by atoms with Gasteiger partial charge in [-0.05, 0) is 55.6 Å². The minimum Gasteiger partial charge on any atom is -0.393 e. The summed E-state index contributed by atoms with van der Waals surface area (Å²) < 4.78 is 0. The molecule has 0 radical (unpaired) electrons. The molecule has 4 aliphatic carbocycles. The summed E-state index contributed by atoms with van der Waals surface area (Å²) >= 11 is 0. The van der Waals surface area contributed by atoms with Crippen LogP contribution in [0.15, 0.2) is 23.8 Å². The van der Waals surface area contributed by atoms with Crippen LogP contribution >= 0.6 is 0 Å². The first-order valence-electron chi connectivity index (χ1n) is 10.1. The monoisotopic (exact) mass is 374 g/mol. The van der Waals surface area contributed by atoms with Gasteiger partial charge in [-0.3, -0.25) is 9.59 Å². The molecule has 0 aromatic rings. The third kappa shape index (κ3) is 2.22. The number of fused-ring (bicyclic) bond motifs is 5. The number of hydrogen-bond donors (Lipinski definition) is 3. The third-order valence-corrected chi connectivity index (χ3v) is 8.65. The maximum absolute atomic E-state index is 12.6. The van der Waals surface area contributed by atoms with E-state index in [1.54, 1.807) is 12.2 Å². The Labute approximate surface area is 160 Å². The Kier molecular flexibility index (Phi) is 4.12. The van der Waals surface area contributed by atoms with Gasteiger partial charge in [0.15, 0.2) is 11.6 Å². The molecule has 4 aliphatic rings. The maximum Gasteiger partial charge on any atom is 0.190 e. The van der Waals surface area contributed by atoms with Gasteiger partial charge in [-0.25, -0.2) is 0 Å². The van der Waals surface area contributed by atoms with Gasteiger partial charge in [-0.1, -0.05) is 32.4 Å². The van der Waals surface area contributed by atoms with Gasteiger partial charge >= 0.3 is 0 Å².